The lowest BCUT2D eigenvalue weighted by Gasteiger charge is -2.15. The van der Waals surface area contributed by atoms with Crippen LogP contribution in [0.1, 0.15) is 24.1 Å². The molecule has 6 heteroatoms. The number of hydrogen-bond donors (Lipinski definition) is 3. The van der Waals surface area contributed by atoms with Gasteiger partial charge in [0.25, 0.3) is 0 Å². The van der Waals surface area contributed by atoms with Gasteiger partial charge in [0.05, 0.1) is 11.4 Å². The zero-order valence-corrected chi connectivity index (χ0v) is 15.9. The summed E-state index contributed by atoms with van der Waals surface area (Å²) in [6.07, 6.45) is 3.09. The number of fused-ring (bicyclic) bond motifs is 3. The third kappa shape index (κ3) is 3.45. The first kappa shape index (κ1) is 16.3. The Balaban J connectivity index is 1.57. The van der Waals surface area contributed by atoms with Crippen LogP contribution in [0.3, 0.4) is 0 Å². The van der Waals surface area contributed by atoms with Crippen molar-refractivity contribution in [3.63, 3.8) is 0 Å². The average Bonchev–Trinajstić information content (AvgIpc) is 2.99. The summed E-state index contributed by atoms with van der Waals surface area (Å²) >= 11 is 8.90. The summed E-state index contributed by atoms with van der Waals surface area (Å²) in [5.74, 6) is 0. The van der Waals surface area contributed by atoms with E-state index in [1.165, 1.54) is 10.9 Å². The Kier molecular flexibility index (Phi) is 4.55. The van der Waals surface area contributed by atoms with Gasteiger partial charge in [-0.05, 0) is 67.4 Å². The van der Waals surface area contributed by atoms with E-state index in [9.17, 15) is 0 Å². The minimum absolute atomic E-state index is 0.490. The molecule has 25 heavy (non-hydrogen) atoms. The Hall–Kier alpha value is -2.18. The number of aromatic amines is 1. The maximum Gasteiger partial charge on any atom is 0.191 e. The second-order valence-corrected chi connectivity index (χ2v) is 7.34. The minimum atomic E-state index is 0.490. The van der Waals surface area contributed by atoms with Crippen LogP contribution in [0.5, 0.6) is 0 Å². The fourth-order valence-corrected chi connectivity index (χ4v) is 3.72. The molecule has 0 unspecified atom stereocenters. The van der Waals surface area contributed by atoms with Crippen LogP contribution in [0.25, 0.3) is 10.9 Å². The Morgan fingerprint density at radius 2 is 1.96 bits per heavy atom. The molecule has 2 aromatic carbocycles. The number of halogens is 1. The lowest BCUT2D eigenvalue weighted by Crippen LogP contribution is -2.26. The molecule has 3 aromatic rings. The summed E-state index contributed by atoms with van der Waals surface area (Å²) < 4.78 is 1.09. The predicted molar refractivity (Wildman–Crippen MR) is 111 cm³/mol. The van der Waals surface area contributed by atoms with Crippen molar-refractivity contribution in [1.82, 2.24) is 10.4 Å². The highest BCUT2D eigenvalue weighted by molar-refractivity contribution is 9.10. The van der Waals surface area contributed by atoms with E-state index in [0.717, 1.165) is 46.3 Å². The highest BCUT2D eigenvalue weighted by Crippen LogP contribution is 2.31. The molecule has 0 radical (unpaired) electrons. The lowest BCUT2D eigenvalue weighted by atomic mass is 9.94. The highest BCUT2D eigenvalue weighted by atomic mass is 79.9. The maximum absolute atomic E-state index is 5.34. The molecule has 0 saturated carbocycles. The number of hydrazone groups is 1. The molecule has 1 aromatic heterocycles. The molecule has 0 spiro atoms. The van der Waals surface area contributed by atoms with Gasteiger partial charge < -0.3 is 10.3 Å². The topological polar surface area (TPSA) is 52.2 Å². The summed E-state index contributed by atoms with van der Waals surface area (Å²) in [5, 5.41) is 9.45. The van der Waals surface area contributed by atoms with E-state index >= 15 is 0 Å². The molecular formula is C19H17BrN4S. The summed E-state index contributed by atoms with van der Waals surface area (Å²) in [5.41, 5.74) is 8.54. The van der Waals surface area contributed by atoms with Gasteiger partial charge in [0, 0.05) is 21.1 Å². The Bertz CT molecular complexity index is 962. The number of rotatable bonds is 2. The van der Waals surface area contributed by atoms with Gasteiger partial charge in [-0.3, -0.25) is 5.43 Å². The normalized spacial score (nSPS) is 15.2. The number of thiocarbonyl (C=S) groups is 1. The second-order valence-electron chi connectivity index (χ2n) is 6.01. The molecule has 4 nitrogen and oxygen atoms in total. The fraction of sp³-hybridized carbons (Fsp3) is 0.158. The van der Waals surface area contributed by atoms with E-state index in [4.69, 9.17) is 12.2 Å². The van der Waals surface area contributed by atoms with Crippen molar-refractivity contribution in [2.24, 2.45) is 5.10 Å². The number of para-hydroxylation sites is 1. The third-order valence-corrected chi connectivity index (χ3v) is 5.01. The molecule has 0 aliphatic heterocycles. The molecule has 0 amide bonds. The summed E-state index contributed by atoms with van der Waals surface area (Å²) in [4.78, 5) is 3.51. The van der Waals surface area contributed by atoms with Crippen LogP contribution >= 0.6 is 28.1 Å². The van der Waals surface area contributed by atoms with Gasteiger partial charge in [-0.1, -0.05) is 34.1 Å². The summed E-state index contributed by atoms with van der Waals surface area (Å²) in [6, 6.07) is 16.2. The van der Waals surface area contributed by atoms with E-state index in [-0.39, 0.29) is 0 Å². The van der Waals surface area contributed by atoms with Crippen LogP contribution in [0.4, 0.5) is 5.69 Å². The van der Waals surface area contributed by atoms with Gasteiger partial charge >= 0.3 is 0 Å². The molecule has 4 rings (SSSR count). The number of H-pyrrole nitrogens is 1. The predicted octanol–water partition coefficient (Wildman–Crippen LogP) is 4.96. The number of benzene rings is 2. The Morgan fingerprint density at radius 3 is 2.80 bits per heavy atom. The van der Waals surface area contributed by atoms with E-state index in [1.54, 1.807) is 0 Å². The average molecular weight is 413 g/mol. The first-order chi connectivity index (χ1) is 12.2. The maximum atomic E-state index is 5.34. The second kappa shape index (κ2) is 6.98. The summed E-state index contributed by atoms with van der Waals surface area (Å²) in [6.45, 7) is 0. The van der Waals surface area contributed by atoms with Crippen molar-refractivity contribution in [2.45, 2.75) is 19.3 Å². The number of nitrogens with zero attached hydrogens (tertiary/aromatic N) is 1. The third-order valence-electron chi connectivity index (χ3n) is 4.32. The molecule has 1 heterocycles. The van der Waals surface area contributed by atoms with Crippen LogP contribution in [-0.2, 0) is 6.42 Å². The molecule has 0 saturated heterocycles. The van der Waals surface area contributed by atoms with Crippen LogP contribution in [0.15, 0.2) is 58.1 Å². The molecule has 1 aliphatic carbocycles. The van der Waals surface area contributed by atoms with Gasteiger partial charge in [-0.25, -0.2) is 0 Å². The van der Waals surface area contributed by atoms with Crippen molar-refractivity contribution in [1.29, 1.82) is 0 Å². The number of aryl methyl sites for hydroxylation is 1. The monoisotopic (exact) mass is 412 g/mol. The number of nitrogens with one attached hydrogen (secondary N) is 3. The van der Waals surface area contributed by atoms with Crippen molar-refractivity contribution in [3.8, 4) is 0 Å². The SMILES string of the molecule is S=C(NN=C1CCCc2c1[nH]c1ccc(Br)cc21)Nc1ccccc1. The fourth-order valence-electron chi connectivity index (χ4n) is 3.19. The summed E-state index contributed by atoms with van der Waals surface area (Å²) in [7, 11) is 0. The van der Waals surface area contributed by atoms with E-state index < -0.39 is 0 Å². The van der Waals surface area contributed by atoms with Gasteiger partial charge in [0.1, 0.15) is 0 Å². The lowest BCUT2D eigenvalue weighted by molar-refractivity contribution is 0.830. The largest absolute Gasteiger partial charge is 0.353 e. The van der Waals surface area contributed by atoms with Gasteiger partial charge in [0.2, 0.25) is 0 Å². The van der Waals surface area contributed by atoms with Crippen molar-refractivity contribution < 1.29 is 0 Å². The minimum Gasteiger partial charge on any atom is -0.353 e. The van der Waals surface area contributed by atoms with Crippen LogP contribution in [0.2, 0.25) is 0 Å². The van der Waals surface area contributed by atoms with E-state index in [2.05, 4.69) is 55.0 Å². The first-order valence-corrected chi connectivity index (χ1v) is 9.40. The van der Waals surface area contributed by atoms with E-state index in [0.29, 0.717) is 5.11 Å². The molecular weight excluding hydrogens is 396 g/mol. The first-order valence-electron chi connectivity index (χ1n) is 8.20. The molecule has 0 bridgehead atoms. The molecule has 1 aliphatic rings. The molecule has 0 atom stereocenters. The number of aromatic nitrogens is 1. The highest BCUT2D eigenvalue weighted by Gasteiger charge is 2.20. The zero-order chi connectivity index (χ0) is 17.2. The number of hydrogen-bond acceptors (Lipinski definition) is 2. The smallest absolute Gasteiger partial charge is 0.191 e. The van der Waals surface area contributed by atoms with Crippen LogP contribution < -0.4 is 10.7 Å². The Labute approximate surface area is 159 Å². The zero-order valence-electron chi connectivity index (χ0n) is 13.5. The van der Waals surface area contributed by atoms with Crippen LogP contribution in [0, 0.1) is 0 Å². The van der Waals surface area contributed by atoms with E-state index in [1.807, 2.05) is 30.3 Å². The molecule has 126 valence electrons. The van der Waals surface area contributed by atoms with Crippen LogP contribution in [-0.4, -0.2) is 15.8 Å². The quantitative estimate of drug-likeness (QED) is 0.411. The molecule has 3 N–H and O–H groups in total. The van der Waals surface area contributed by atoms with Crippen molar-refractivity contribution in [3.05, 3.63) is 64.3 Å². The Morgan fingerprint density at radius 1 is 1.12 bits per heavy atom. The molecule has 0 fully saturated rings. The number of anilines is 1. The van der Waals surface area contributed by atoms with Gasteiger partial charge in [-0.2, -0.15) is 5.10 Å². The van der Waals surface area contributed by atoms with Gasteiger partial charge in [-0.15, -0.1) is 0 Å². The van der Waals surface area contributed by atoms with Crippen molar-refractivity contribution in [2.75, 3.05) is 5.32 Å². The standard InChI is InChI=1S/C19H17BrN4S/c20-12-9-10-16-15(11-12)14-7-4-8-17(18(14)22-16)23-24-19(25)21-13-5-2-1-3-6-13/h1-3,5-6,9-11,22H,4,7-8H2,(H2,21,24,25). The van der Waals surface area contributed by atoms with Crippen molar-refractivity contribution >= 4 is 55.6 Å². The van der Waals surface area contributed by atoms with Gasteiger partial charge in [0.15, 0.2) is 5.11 Å².